The van der Waals surface area contributed by atoms with E-state index in [4.69, 9.17) is 0 Å². The van der Waals surface area contributed by atoms with E-state index in [9.17, 15) is 13.9 Å². The Morgan fingerprint density at radius 3 is 2.59 bits per heavy atom. The van der Waals surface area contributed by atoms with Crippen LogP contribution >= 0.6 is 0 Å². The number of likely N-dealkylation sites (tertiary alicyclic amines) is 1. The smallest absolute Gasteiger partial charge is 0.250 e. The van der Waals surface area contributed by atoms with Gasteiger partial charge in [-0.05, 0) is 32.1 Å². The van der Waals surface area contributed by atoms with Crippen molar-refractivity contribution in [1.82, 2.24) is 10.2 Å². The van der Waals surface area contributed by atoms with Gasteiger partial charge in [0, 0.05) is 25.2 Å². The highest BCUT2D eigenvalue weighted by molar-refractivity contribution is 4.93. The predicted molar refractivity (Wildman–Crippen MR) is 62.2 cm³/mol. The Hall–Kier alpha value is -0.260. The van der Waals surface area contributed by atoms with Gasteiger partial charge < -0.3 is 10.4 Å². The lowest BCUT2D eigenvalue weighted by atomic mass is 9.90. The number of hydrogen-bond acceptors (Lipinski definition) is 3. The molecule has 0 bridgehead atoms. The first-order valence-electron chi connectivity index (χ1n) is 6.50. The number of hydrogen-bond donors (Lipinski definition) is 2. The molecule has 0 aromatic carbocycles. The fraction of sp³-hybridized carbons (Fsp3) is 1.00. The lowest BCUT2D eigenvalue weighted by molar-refractivity contribution is 0.0402. The van der Waals surface area contributed by atoms with Gasteiger partial charge in [0.2, 0.25) is 0 Å². The molecule has 17 heavy (non-hydrogen) atoms. The van der Waals surface area contributed by atoms with E-state index in [0.29, 0.717) is 6.04 Å². The van der Waals surface area contributed by atoms with Crippen molar-refractivity contribution in [2.45, 2.75) is 50.8 Å². The van der Waals surface area contributed by atoms with Gasteiger partial charge in [-0.15, -0.1) is 0 Å². The number of rotatable bonds is 5. The third-order valence-corrected chi connectivity index (χ3v) is 3.82. The minimum Gasteiger partial charge on any atom is -0.393 e. The average Bonchev–Trinajstić information content (AvgIpc) is 3.09. The maximum Gasteiger partial charge on any atom is 0.250 e. The molecule has 0 aromatic heterocycles. The summed E-state index contributed by atoms with van der Waals surface area (Å²) in [5.41, 5.74) is 0. The lowest BCUT2D eigenvalue weighted by Gasteiger charge is -2.39. The van der Waals surface area contributed by atoms with E-state index in [1.54, 1.807) is 6.92 Å². The minimum absolute atomic E-state index is 0.0953. The summed E-state index contributed by atoms with van der Waals surface area (Å²) in [6.07, 6.45) is 0.583. The summed E-state index contributed by atoms with van der Waals surface area (Å²) in [4.78, 5) is 2.35. The standard InChI is InChI=1S/C12H22F2N2O/c1-8(17)9-4-10(15-5-12(13)14)7-16(6-9)11-2-3-11/h8-12,15,17H,2-7H2,1H3. The molecule has 3 nitrogen and oxygen atoms in total. The van der Waals surface area contributed by atoms with Gasteiger partial charge in [-0.2, -0.15) is 0 Å². The highest BCUT2D eigenvalue weighted by Crippen LogP contribution is 2.32. The minimum atomic E-state index is -2.30. The van der Waals surface area contributed by atoms with Crippen LogP contribution in [0.2, 0.25) is 0 Å². The van der Waals surface area contributed by atoms with E-state index in [1.807, 2.05) is 0 Å². The van der Waals surface area contributed by atoms with Crippen LogP contribution in [0.4, 0.5) is 8.78 Å². The monoisotopic (exact) mass is 248 g/mol. The molecule has 1 aliphatic carbocycles. The van der Waals surface area contributed by atoms with Crippen LogP contribution < -0.4 is 5.32 Å². The highest BCUT2D eigenvalue weighted by Gasteiger charge is 2.37. The summed E-state index contributed by atoms with van der Waals surface area (Å²) in [6.45, 7) is 3.32. The van der Waals surface area contributed by atoms with Gasteiger partial charge in [0.25, 0.3) is 6.43 Å². The number of aliphatic hydroxyl groups is 1. The van der Waals surface area contributed by atoms with Crippen LogP contribution in [-0.4, -0.2) is 54.3 Å². The van der Waals surface area contributed by atoms with Crippen LogP contribution in [0.15, 0.2) is 0 Å². The van der Waals surface area contributed by atoms with Gasteiger partial charge in [0.15, 0.2) is 0 Å². The second-order valence-electron chi connectivity index (χ2n) is 5.42. The molecule has 2 N–H and O–H groups in total. The number of aliphatic hydroxyl groups excluding tert-OH is 1. The molecular formula is C12H22F2N2O. The second-order valence-corrected chi connectivity index (χ2v) is 5.42. The molecular weight excluding hydrogens is 226 g/mol. The fourth-order valence-electron chi connectivity index (χ4n) is 2.66. The summed E-state index contributed by atoms with van der Waals surface area (Å²) >= 11 is 0. The molecule has 2 aliphatic rings. The first kappa shape index (κ1) is 13.2. The Balaban J connectivity index is 1.86. The molecule has 0 radical (unpaired) electrons. The van der Waals surface area contributed by atoms with Gasteiger partial charge in [-0.25, -0.2) is 8.78 Å². The summed E-state index contributed by atoms with van der Waals surface area (Å²) in [5.74, 6) is 0.208. The highest BCUT2D eigenvalue weighted by atomic mass is 19.3. The molecule has 1 aliphatic heterocycles. The quantitative estimate of drug-likeness (QED) is 0.764. The van der Waals surface area contributed by atoms with E-state index in [0.717, 1.165) is 19.5 Å². The van der Waals surface area contributed by atoms with Gasteiger partial charge >= 0.3 is 0 Å². The summed E-state index contributed by atoms with van der Waals surface area (Å²) in [6, 6.07) is 0.727. The van der Waals surface area contributed by atoms with Crippen LogP contribution in [0.5, 0.6) is 0 Å². The maximum atomic E-state index is 12.2. The SMILES string of the molecule is CC(O)C1CC(NCC(F)F)CN(C2CC2)C1. The van der Waals surface area contributed by atoms with Crippen LogP contribution in [0, 0.1) is 5.92 Å². The first-order valence-corrected chi connectivity index (χ1v) is 6.50. The lowest BCUT2D eigenvalue weighted by Crippen LogP contribution is -2.52. The summed E-state index contributed by atoms with van der Waals surface area (Å²) < 4.78 is 24.4. The summed E-state index contributed by atoms with van der Waals surface area (Å²) in [5, 5.41) is 12.6. The molecule has 2 fully saturated rings. The zero-order chi connectivity index (χ0) is 12.4. The second kappa shape index (κ2) is 5.59. The third kappa shape index (κ3) is 3.86. The first-order chi connectivity index (χ1) is 8.06. The van der Waals surface area contributed by atoms with Gasteiger partial charge in [-0.3, -0.25) is 4.90 Å². The van der Waals surface area contributed by atoms with Crippen molar-refractivity contribution in [3.63, 3.8) is 0 Å². The van der Waals surface area contributed by atoms with Crippen molar-refractivity contribution >= 4 is 0 Å². The van der Waals surface area contributed by atoms with E-state index in [1.165, 1.54) is 12.8 Å². The molecule has 1 heterocycles. The van der Waals surface area contributed by atoms with Gasteiger partial charge in [0.1, 0.15) is 0 Å². The molecule has 2 rings (SSSR count). The number of alkyl halides is 2. The van der Waals surface area contributed by atoms with Crippen molar-refractivity contribution in [2.24, 2.45) is 5.92 Å². The Bertz CT molecular complexity index is 237. The topological polar surface area (TPSA) is 35.5 Å². The Kier molecular flexibility index (Phi) is 4.33. The van der Waals surface area contributed by atoms with Crippen molar-refractivity contribution < 1.29 is 13.9 Å². The van der Waals surface area contributed by atoms with Crippen molar-refractivity contribution in [3.8, 4) is 0 Å². The maximum absolute atomic E-state index is 12.2. The molecule has 3 unspecified atom stereocenters. The zero-order valence-corrected chi connectivity index (χ0v) is 10.3. The van der Waals surface area contributed by atoms with Crippen molar-refractivity contribution in [2.75, 3.05) is 19.6 Å². The molecule has 0 spiro atoms. The molecule has 3 atom stereocenters. The fourth-order valence-corrected chi connectivity index (χ4v) is 2.66. The molecule has 1 saturated carbocycles. The van der Waals surface area contributed by atoms with Crippen LogP contribution in [-0.2, 0) is 0 Å². The number of nitrogens with one attached hydrogen (secondary N) is 1. The molecule has 5 heteroatoms. The van der Waals surface area contributed by atoms with E-state index in [-0.39, 0.29) is 24.6 Å². The van der Waals surface area contributed by atoms with E-state index in [2.05, 4.69) is 10.2 Å². The van der Waals surface area contributed by atoms with E-state index < -0.39 is 6.43 Å². The van der Waals surface area contributed by atoms with E-state index >= 15 is 0 Å². The van der Waals surface area contributed by atoms with Crippen LogP contribution in [0.3, 0.4) is 0 Å². The number of nitrogens with zero attached hydrogens (tertiary/aromatic N) is 1. The van der Waals surface area contributed by atoms with Crippen LogP contribution in [0.1, 0.15) is 26.2 Å². The Morgan fingerprint density at radius 2 is 2.06 bits per heavy atom. The van der Waals surface area contributed by atoms with Crippen molar-refractivity contribution in [1.29, 1.82) is 0 Å². The number of halogens is 2. The molecule has 0 amide bonds. The van der Waals surface area contributed by atoms with Gasteiger partial charge in [0.05, 0.1) is 12.6 Å². The third-order valence-electron chi connectivity index (χ3n) is 3.82. The summed E-state index contributed by atoms with van der Waals surface area (Å²) in [7, 11) is 0. The van der Waals surface area contributed by atoms with Crippen molar-refractivity contribution in [3.05, 3.63) is 0 Å². The van der Waals surface area contributed by atoms with Crippen LogP contribution in [0.25, 0.3) is 0 Å². The predicted octanol–water partition coefficient (Wildman–Crippen LogP) is 1.07. The molecule has 1 saturated heterocycles. The number of piperidine rings is 1. The molecule has 0 aromatic rings. The Labute approximate surface area is 101 Å². The Morgan fingerprint density at radius 1 is 1.35 bits per heavy atom. The van der Waals surface area contributed by atoms with Gasteiger partial charge in [-0.1, -0.05) is 0 Å². The average molecular weight is 248 g/mol. The normalized spacial score (nSPS) is 33.0. The zero-order valence-electron chi connectivity index (χ0n) is 10.3. The largest absolute Gasteiger partial charge is 0.393 e. The molecule has 100 valence electrons.